The first-order chi connectivity index (χ1) is 12.3. The van der Waals surface area contributed by atoms with E-state index >= 15 is 0 Å². The molecule has 0 saturated heterocycles. The molecule has 4 nitrogen and oxygen atoms in total. The smallest absolute Gasteiger partial charge is 0.326 e. The van der Waals surface area contributed by atoms with Crippen LogP contribution in [-0.2, 0) is 17.4 Å². The molecule has 0 aliphatic heterocycles. The average molecular weight is 359 g/mol. The maximum absolute atomic E-state index is 12.8. The quantitative estimate of drug-likeness (QED) is 0.751. The summed E-state index contributed by atoms with van der Waals surface area (Å²) in [5.74, 6) is -0.168. The zero-order valence-electron chi connectivity index (χ0n) is 13.9. The molecule has 0 radical (unpaired) electrons. The van der Waals surface area contributed by atoms with E-state index < -0.39 is 11.9 Å². The predicted octanol–water partition coefficient (Wildman–Crippen LogP) is 4.38. The van der Waals surface area contributed by atoms with Crippen molar-refractivity contribution < 1.29 is 18.0 Å². The Kier molecular flexibility index (Phi) is 4.79. The highest BCUT2D eigenvalue weighted by Crippen LogP contribution is 2.29. The van der Waals surface area contributed by atoms with E-state index in [1.807, 2.05) is 30.3 Å². The minimum Gasteiger partial charge on any atom is -0.326 e. The molecule has 0 aliphatic carbocycles. The maximum Gasteiger partial charge on any atom is 0.435 e. The van der Waals surface area contributed by atoms with E-state index in [2.05, 4.69) is 10.4 Å². The number of halogens is 3. The first kappa shape index (κ1) is 17.7. The number of amides is 1. The molecule has 7 heteroatoms. The largest absolute Gasteiger partial charge is 0.435 e. The summed E-state index contributed by atoms with van der Waals surface area (Å²) in [6.45, 7) is 1.55. The van der Waals surface area contributed by atoms with Crippen LogP contribution in [0.2, 0.25) is 0 Å². The van der Waals surface area contributed by atoms with Gasteiger partial charge in [0.25, 0.3) is 0 Å². The Morgan fingerprint density at radius 1 is 1.08 bits per heavy atom. The van der Waals surface area contributed by atoms with Crippen molar-refractivity contribution in [2.75, 3.05) is 5.32 Å². The van der Waals surface area contributed by atoms with Gasteiger partial charge in [-0.05, 0) is 42.8 Å². The van der Waals surface area contributed by atoms with Crippen LogP contribution in [0.5, 0.6) is 0 Å². The van der Waals surface area contributed by atoms with Crippen molar-refractivity contribution in [2.45, 2.75) is 19.5 Å². The fraction of sp³-hybridized carbons (Fsp3) is 0.158. The van der Waals surface area contributed by atoms with Crippen LogP contribution in [0.3, 0.4) is 0 Å². The van der Waals surface area contributed by atoms with Crippen molar-refractivity contribution in [2.24, 2.45) is 0 Å². The number of hydrogen-bond donors (Lipinski definition) is 1. The molecule has 0 bridgehead atoms. The van der Waals surface area contributed by atoms with Gasteiger partial charge < -0.3 is 5.32 Å². The molecule has 0 spiro atoms. The zero-order valence-corrected chi connectivity index (χ0v) is 13.9. The van der Waals surface area contributed by atoms with Crippen molar-refractivity contribution in [3.63, 3.8) is 0 Å². The minimum absolute atomic E-state index is 0.168. The fourth-order valence-electron chi connectivity index (χ4n) is 2.55. The van der Waals surface area contributed by atoms with Gasteiger partial charge in [0, 0.05) is 11.4 Å². The highest BCUT2D eigenvalue weighted by atomic mass is 19.4. The van der Waals surface area contributed by atoms with Crippen LogP contribution in [0.1, 0.15) is 17.0 Å². The van der Waals surface area contributed by atoms with Crippen LogP contribution >= 0.6 is 0 Å². The lowest BCUT2D eigenvalue weighted by molar-refractivity contribution is -0.141. The van der Waals surface area contributed by atoms with E-state index in [1.54, 1.807) is 31.2 Å². The van der Waals surface area contributed by atoms with Gasteiger partial charge in [0.15, 0.2) is 5.69 Å². The minimum atomic E-state index is -4.48. The molecule has 1 N–H and O–H groups in total. The monoisotopic (exact) mass is 359 g/mol. The van der Waals surface area contributed by atoms with Crippen molar-refractivity contribution >= 4 is 11.6 Å². The van der Waals surface area contributed by atoms with Gasteiger partial charge in [-0.1, -0.05) is 30.3 Å². The summed E-state index contributed by atoms with van der Waals surface area (Å²) in [7, 11) is 0. The number of anilines is 1. The summed E-state index contributed by atoms with van der Waals surface area (Å²) < 4.78 is 39.5. The van der Waals surface area contributed by atoms with E-state index in [1.165, 1.54) is 4.68 Å². The van der Waals surface area contributed by atoms with Crippen LogP contribution < -0.4 is 5.32 Å². The molecule has 134 valence electrons. The van der Waals surface area contributed by atoms with E-state index in [-0.39, 0.29) is 12.3 Å². The standard InChI is InChI=1S/C19H16F3N3O/c1-13-11-17(19(20,21)22)24-25(13)16-9-7-15(8-10-16)23-18(26)12-14-5-3-2-4-6-14/h2-11H,12H2,1H3,(H,23,26). The fourth-order valence-corrected chi connectivity index (χ4v) is 2.55. The topological polar surface area (TPSA) is 46.9 Å². The van der Waals surface area contributed by atoms with Gasteiger partial charge in [-0.2, -0.15) is 18.3 Å². The van der Waals surface area contributed by atoms with Crippen LogP contribution in [0, 0.1) is 6.92 Å². The highest BCUT2D eigenvalue weighted by molar-refractivity contribution is 5.92. The molecule has 0 aliphatic rings. The third-order valence-corrected chi connectivity index (χ3v) is 3.78. The Morgan fingerprint density at radius 3 is 2.31 bits per heavy atom. The van der Waals surface area contributed by atoms with Gasteiger partial charge in [-0.15, -0.1) is 0 Å². The van der Waals surface area contributed by atoms with E-state index in [4.69, 9.17) is 0 Å². The number of carbonyl (C=O) groups excluding carboxylic acids is 1. The maximum atomic E-state index is 12.8. The molecule has 1 amide bonds. The van der Waals surface area contributed by atoms with E-state index in [0.717, 1.165) is 11.6 Å². The highest BCUT2D eigenvalue weighted by Gasteiger charge is 2.34. The number of aryl methyl sites for hydroxylation is 1. The molecule has 0 atom stereocenters. The summed E-state index contributed by atoms with van der Waals surface area (Å²) in [6.07, 6.45) is -4.24. The third kappa shape index (κ3) is 4.11. The van der Waals surface area contributed by atoms with Crippen LogP contribution in [-0.4, -0.2) is 15.7 Å². The average Bonchev–Trinajstić information content (AvgIpc) is 2.98. The van der Waals surface area contributed by atoms with Crippen LogP contribution in [0.4, 0.5) is 18.9 Å². The SMILES string of the molecule is Cc1cc(C(F)(F)F)nn1-c1ccc(NC(=O)Cc2ccccc2)cc1. The summed E-state index contributed by atoms with van der Waals surface area (Å²) in [4.78, 5) is 12.1. The molecule has 0 saturated carbocycles. The second-order valence-corrected chi connectivity index (χ2v) is 5.84. The number of hydrogen-bond acceptors (Lipinski definition) is 2. The molecule has 26 heavy (non-hydrogen) atoms. The number of benzene rings is 2. The molecular weight excluding hydrogens is 343 g/mol. The van der Waals surface area contributed by atoms with Gasteiger partial charge >= 0.3 is 6.18 Å². The Bertz CT molecular complexity index is 900. The molecule has 0 fully saturated rings. The summed E-state index contributed by atoms with van der Waals surface area (Å²) >= 11 is 0. The van der Waals surface area contributed by atoms with E-state index in [9.17, 15) is 18.0 Å². The van der Waals surface area contributed by atoms with Gasteiger partial charge in [-0.3, -0.25) is 4.79 Å². The van der Waals surface area contributed by atoms with Crippen molar-refractivity contribution in [3.8, 4) is 5.69 Å². The van der Waals surface area contributed by atoms with Crippen molar-refractivity contribution in [3.05, 3.63) is 77.6 Å². The Hall–Kier alpha value is -3.09. The predicted molar refractivity (Wildman–Crippen MR) is 92.1 cm³/mol. The second kappa shape index (κ2) is 7.03. The van der Waals surface area contributed by atoms with Gasteiger partial charge in [-0.25, -0.2) is 4.68 Å². The lowest BCUT2D eigenvalue weighted by Crippen LogP contribution is -2.14. The molecule has 2 aromatic carbocycles. The van der Waals surface area contributed by atoms with E-state index in [0.29, 0.717) is 17.1 Å². The summed E-state index contributed by atoms with van der Waals surface area (Å²) in [5.41, 5.74) is 1.39. The number of alkyl halides is 3. The number of nitrogens with zero attached hydrogens (tertiary/aromatic N) is 2. The second-order valence-electron chi connectivity index (χ2n) is 5.84. The van der Waals surface area contributed by atoms with Crippen LogP contribution in [0.15, 0.2) is 60.7 Å². The van der Waals surface area contributed by atoms with Crippen LogP contribution in [0.25, 0.3) is 5.69 Å². The molecule has 1 heterocycles. The summed E-state index contributed by atoms with van der Waals surface area (Å²) in [5, 5.41) is 6.37. The zero-order chi connectivity index (χ0) is 18.7. The Morgan fingerprint density at radius 2 is 1.73 bits per heavy atom. The number of aromatic nitrogens is 2. The molecule has 3 aromatic rings. The number of nitrogens with one attached hydrogen (secondary N) is 1. The first-order valence-electron chi connectivity index (χ1n) is 7.91. The molecule has 0 unspecified atom stereocenters. The van der Waals surface area contributed by atoms with Gasteiger partial charge in [0.2, 0.25) is 5.91 Å². The van der Waals surface area contributed by atoms with Crippen molar-refractivity contribution in [1.29, 1.82) is 0 Å². The normalized spacial score (nSPS) is 11.4. The van der Waals surface area contributed by atoms with Crippen molar-refractivity contribution in [1.82, 2.24) is 9.78 Å². The lowest BCUT2D eigenvalue weighted by Gasteiger charge is -2.08. The van der Waals surface area contributed by atoms with Gasteiger partial charge in [0.05, 0.1) is 12.1 Å². The number of rotatable bonds is 4. The number of carbonyl (C=O) groups is 1. The molecular formula is C19H16F3N3O. The molecule has 1 aromatic heterocycles. The lowest BCUT2D eigenvalue weighted by atomic mass is 10.1. The van der Waals surface area contributed by atoms with Gasteiger partial charge in [0.1, 0.15) is 0 Å². The Balaban J connectivity index is 1.71. The first-order valence-corrected chi connectivity index (χ1v) is 7.91. The Labute approximate surface area is 148 Å². The molecule has 3 rings (SSSR count). The summed E-state index contributed by atoms with van der Waals surface area (Å²) in [6, 6.07) is 16.8. The third-order valence-electron chi connectivity index (χ3n) is 3.78.